The number of carbonyl (C=O) groups is 3. The molecule has 1 atom stereocenters. The zero-order valence-corrected chi connectivity index (χ0v) is 10.6. The van der Waals surface area contributed by atoms with Gasteiger partial charge in [0.1, 0.15) is 6.04 Å². The molecule has 17 heavy (non-hydrogen) atoms. The van der Waals surface area contributed by atoms with Crippen LogP contribution in [-0.4, -0.2) is 36.1 Å². The lowest BCUT2D eigenvalue weighted by Gasteiger charge is -2.21. The summed E-state index contributed by atoms with van der Waals surface area (Å²) in [6.45, 7) is 5.05. The number of esters is 1. The van der Waals surface area contributed by atoms with Crippen LogP contribution in [0.3, 0.4) is 0 Å². The molecule has 0 rings (SSSR count). The van der Waals surface area contributed by atoms with Crippen LogP contribution >= 0.6 is 0 Å². The van der Waals surface area contributed by atoms with E-state index in [0.29, 0.717) is 0 Å². The number of amides is 1. The lowest BCUT2D eigenvalue weighted by atomic mass is 9.95. The van der Waals surface area contributed by atoms with Crippen molar-refractivity contribution in [3.05, 3.63) is 0 Å². The maximum Gasteiger partial charge on any atom is 0.326 e. The Morgan fingerprint density at radius 2 is 1.82 bits per heavy atom. The van der Waals surface area contributed by atoms with Crippen molar-refractivity contribution in [3.8, 4) is 0 Å². The molecule has 0 bridgehead atoms. The Bertz CT molecular complexity index is 305. The number of hydrogen-bond donors (Lipinski definition) is 2. The van der Waals surface area contributed by atoms with E-state index in [2.05, 4.69) is 10.1 Å². The van der Waals surface area contributed by atoms with Gasteiger partial charge in [0, 0.05) is 11.8 Å². The quantitative estimate of drug-likeness (QED) is 0.690. The van der Waals surface area contributed by atoms with Crippen molar-refractivity contribution in [3.63, 3.8) is 0 Å². The van der Waals surface area contributed by atoms with E-state index in [0.717, 1.165) is 0 Å². The lowest BCUT2D eigenvalue weighted by molar-refractivity contribution is -0.145. The summed E-state index contributed by atoms with van der Waals surface area (Å²) in [5, 5.41) is 11.3. The highest BCUT2D eigenvalue weighted by molar-refractivity contribution is 5.86. The van der Waals surface area contributed by atoms with Gasteiger partial charge in [-0.3, -0.25) is 9.59 Å². The number of hydrogen-bond acceptors (Lipinski definition) is 4. The molecule has 0 spiro atoms. The Kier molecular flexibility index (Phi) is 5.64. The fourth-order valence-electron chi connectivity index (χ4n) is 0.996. The molecule has 0 fully saturated rings. The van der Waals surface area contributed by atoms with Crippen LogP contribution in [0.15, 0.2) is 0 Å². The van der Waals surface area contributed by atoms with E-state index in [1.807, 2.05) is 0 Å². The second-order valence-corrected chi connectivity index (χ2v) is 4.73. The number of nitrogens with one attached hydrogen (secondary N) is 1. The van der Waals surface area contributed by atoms with E-state index >= 15 is 0 Å². The van der Waals surface area contributed by atoms with Crippen LogP contribution < -0.4 is 5.32 Å². The van der Waals surface area contributed by atoms with Crippen LogP contribution in [0, 0.1) is 5.41 Å². The van der Waals surface area contributed by atoms with E-state index in [1.165, 1.54) is 7.11 Å². The summed E-state index contributed by atoms with van der Waals surface area (Å²) in [5.74, 6) is -2.03. The number of ether oxygens (including phenoxy) is 1. The number of carbonyl (C=O) groups excluding carboxylic acids is 2. The summed E-state index contributed by atoms with van der Waals surface area (Å²) in [6, 6.07) is -1.07. The Labute approximate surface area is 100 Å². The molecule has 0 heterocycles. The fraction of sp³-hybridized carbons (Fsp3) is 0.727. The molecule has 0 aliphatic rings. The molecular weight excluding hydrogens is 226 g/mol. The van der Waals surface area contributed by atoms with Crippen molar-refractivity contribution in [1.29, 1.82) is 0 Å². The molecule has 0 unspecified atom stereocenters. The predicted molar refractivity (Wildman–Crippen MR) is 60.3 cm³/mol. The summed E-state index contributed by atoms with van der Waals surface area (Å²) < 4.78 is 4.41. The Hall–Kier alpha value is -1.59. The van der Waals surface area contributed by atoms with Crippen LogP contribution in [-0.2, 0) is 19.1 Å². The molecule has 1 amide bonds. The van der Waals surface area contributed by atoms with Crippen molar-refractivity contribution < 1.29 is 24.2 Å². The normalized spacial score (nSPS) is 12.7. The average molecular weight is 245 g/mol. The van der Waals surface area contributed by atoms with Crippen LogP contribution in [0.25, 0.3) is 0 Å². The first-order chi connectivity index (χ1) is 7.68. The van der Waals surface area contributed by atoms with Crippen molar-refractivity contribution in [2.75, 3.05) is 7.11 Å². The molecule has 6 nitrogen and oxygen atoms in total. The summed E-state index contributed by atoms with van der Waals surface area (Å²) >= 11 is 0. The average Bonchev–Trinajstić information content (AvgIpc) is 2.21. The molecule has 0 saturated heterocycles. The van der Waals surface area contributed by atoms with Gasteiger partial charge in [-0.15, -0.1) is 0 Å². The first-order valence-electron chi connectivity index (χ1n) is 5.29. The van der Waals surface area contributed by atoms with Crippen molar-refractivity contribution in [2.24, 2.45) is 5.41 Å². The first-order valence-corrected chi connectivity index (χ1v) is 5.29. The minimum Gasteiger partial charge on any atom is -0.480 e. The standard InChI is InChI=1S/C11H19NO5/c1-11(2,3)10(16)12-7(9(14)15)5-6-8(13)17-4/h7H,5-6H2,1-4H3,(H,12,16)(H,14,15)/t7-/m0/s1. The van der Waals surface area contributed by atoms with E-state index in [-0.39, 0.29) is 18.7 Å². The van der Waals surface area contributed by atoms with Crippen molar-refractivity contribution >= 4 is 17.8 Å². The minimum atomic E-state index is -1.16. The second kappa shape index (κ2) is 6.22. The summed E-state index contributed by atoms with van der Waals surface area (Å²) in [7, 11) is 1.23. The SMILES string of the molecule is COC(=O)CC[C@H](NC(=O)C(C)(C)C)C(=O)O. The molecule has 0 aromatic heterocycles. The topological polar surface area (TPSA) is 92.7 Å². The number of aliphatic carboxylic acids is 1. The van der Waals surface area contributed by atoms with Gasteiger partial charge in [0.15, 0.2) is 0 Å². The molecule has 0 aromatic carbocycles. The molecule has 0 radical (unpaired) electrons. The zero-order chi connectivity index (χ0) is 13.6. The molecule has 2 N–H and O–H groups in total. The zero-order valence-electron chi connectivity index (χ0n) is 10.6. The minimum absolute atomic E-state index is 0.0177. The highest BCUT2D eigenvalue weighted by atomic mass is 16.5. The van der Waals surface area contributed by atoms with Crippen molar-refractivity contribution in [2.45, 2.75) is 39.7 Å². The third-order valence-electron chi connectivity index (χ3n) is 2.15. The lowest BCUT2D eigenvalue weighted by Crippen LogP contribution is -2.45. The van der Waals surface area contributed by atoms with Gasteiger partial charge in [0.2, 0.25) is 5.91 Å². The monoisotopic (exact) mass is 245 g/mol. The third-order valence-corrected chi connectivity index (χ3v) is 2.15. The third kappa shape index (κ3) is 5.89. The smallest absolute Gasteiger partial charge is 0.326 e. The van der Waals surface area contributed by atoms with E-state index in [1.54, 1.807) is 20.8 Å². The van der Waals surface area contributed by atoms with Crippen LogP contribution in [0.1, 0.15) is 33.6 Å². The molecule has 6 heteroatoms. The van der Waals surface area contributed by atoms with Gasteiger partial charge in [-0.1, -0.05) is 20.8 Å². The number of carboxylic acid groups (broad SMARTS) is 1. The van der Waals surface area contributed by atoms with E-state index in [4.69, 9.17) is 5.11 Å². The van der Waals surface area contributed by atoms with Crippen LogP contribution in [0.5, 0.6) is 0 Å². The first kappa shape index (κ1) is 15.4. The number of methoxy groups -OCH3 is 1. The van der Waals surface area contributed by atoms with Gasteiger partial charge in [0.25, 0.3) is 0 Å². The van der Waals surface area contributed by atoms with E-state index in [9.17, 15) is 14.4 Å². The van der Waals surface area contributed by atoms with Crippen LogP contribution in [0.2, 0.25) is 0 Å². The van der Waals surface area contributed by atoms with Crippen LogP contribution in [0.4, 0.5) is 0 Å². The Morgan fingerprint density at radius 1 is 1.29 bits per heavy atom. The molecule has 0 aliphatic heterocycles. The van der Waals surface area contributed by atoms with Gasteiger partial charge < -0.3 is 15.2 Å². The Morgan fingerprint density at radius 3 is 2.18 bits per heavy atom. The molecule has 98 valence electrons. The maximum atomic E-state index is 11.6. The van der Waals surface area contributed by atoms with Crippen molar-refractivity contribution in [1.82, 2.24) is 5.32 Å². The van der Waals surface area contributed by atoms with Gasteiger partial charge in [-0.25, -0.2) is 4.79 Å². The van der Waals surface area contributed by atoms with Gasteiger partial charge in [-0.05, 0) is 6.42 Å². The summed E-state index contributed by atoms with van der Waals surface area (Å²) in [4.78, 5) is 33.4. The van der Waals surface area contributed by atoms with E-state index < -0.39 is 23.4 Å². The highest BCUT2D eigenvalue weighted by Gasteiger charge is 2.27. The van der Waals surface area contributed by atoms with Gasteiger partial charge >= 0.3 is 11.9 Å². The number of carboxylic acids is 1. The van der Waals surface area contributed by atoms with Gasteiger partial charge in [0.05, 0.1) is 7.11 Å². The van der Waals surface area contributed by atoms with Gasteiger partial charge in [-0.2, -0.15) is 0 Å². The molecular formula is C11H19NO5. The molecule has 0 saturated carbocycles. The molecule has 0 aromatic rings. The highest BCUT2D eigenvalue weighted by Crippen LogP contribution is 2.13. The molecule has 0 aliphatic carbocycles. The second-order valence-electron chi connectivity index (χ2n) is 4.73. The predicted octanol–water partition coefficient (Wildman–Crippen LogP) is 0.555. The number of rotatable bonds is 5. The Balaban J connectivity index is 4.41. The summed E-state index contributed by atoms with van der Waals surface area (Å²) in [5.41, 5.74) is -0.668. The fourth-order valence-corrected chi connectivity index (χ4v) is 0.996. The maximum absolute atomic E-state index is 11.6. The summed E-state index contributed by atoms with van der Waals surface area (Å²) in [6.07, 6.45) is -0.0261. The largest absolute Gasteiger partial charge is 0.480 e.